The van der Waals surface area contributed by atoms with Crippen molar-refractivity contribution in [2.45, 2.75) is 45.4 Å². The average molecular weight is 480 g/mol. The number of benzene rings is 2. The summed E-state index contributed by atoms with van der Waals surface area (Å²) in [6.45, 7) is 6.19. The quantitative estimate of drug-likeness (QED) is 0.522. The number of carbonyl (C=O) groups is 2. The summed E-state index contributed by atoms with van der Waals surface area (Å²) in [6, 6.07) is 15.2. The van der Waals surface area contributed by atoms with E-state index in [0.29, 0.717) is 35.6 Å². The molecular weight excluding hydrogens is 450 g/mol. The molecule has 2 aromatic rings. The molecule has 0 radical (unpaired) electrons. The first-order valence-electron chi connectivity index (χ1n) is 11.6. The number of halogens is 1. The number of hydrogen-bond donors (Lipinski definition) is 1. The molecular formula is C28H30ClNO4. The Morgan fingerprint density at radius 1 is 1.06 bits per heavy atom. The lowest BCUT2D eigenvalue weighted by Gasteiger charge is -2.36. The molecule has 1 N–H and O–H groups in total. The van der Waals surface area contributed by atoms with E-state index in [1.807, 2.05) is 57.2 Å². The van der Waals surface area contributed by atoms with Crippen molar-refractivity contribution in [1.29, 1.82) is 0 Å². The first kappa shape index (κ1) is 24.1. The van der Waals surface area contributed by atoms with Crippen molar-refractivity contribution in [3.63, 3.8) is 0 Å². The van der Waals surface area contributed by atoms with Gasteiger partial charge in [-0.25, -0.2) is 4.79 Å². The van der Waals surface area contributed by atoms with E-state index in [1.165, 1.54) is 0 Å². The van der Waals surface area contributed by atoms with E-state index in [-0.39, 0.29) is 17.6 Å². The average Bonchev–Trinajstić information content (AvgIpc) is 2.82. The lowest BCUT2D eigenvalue weighted by molar-refractivity contribution is -0.140. The summed E-state index contributed by atoms with van der Waals surface area (Å²) in [5, 5.41) is 3.99. The lowest BCUT2D eigenvalue weighted by Crippen LogP contribution is -2.36. The van der Waals surface area contributed by atoms with Gasteiger partial charge in [-0.1, -0.05) is 49.7 Å². The normalized spacial score (nSPS) is 20.2. The van der Waals surface area contributed by atoms with E-state index in [1.54, 1.807) is 19.2 Å². The molecule has 5 nitrogen and oxygen atoms in total. The molecule has 1 heterocycles. The molecule has 1 aliphatic carbocycles. The summed E-state index contributed by atoms with van der Waals surface area (Å²) in [7, 11) is 1.64. The van der Waals surface area contributed by atoms with Gasteiger partial charge in [0.15, 0.2) is 5.78 Å². The second kappa shape index (κ2) is 10.1. The van der Waals surface area contributed by atoms with Gasteiger partial charge in [0.1, 0.15) is 5.75 Å². The highest BCUT2D eigenvalue weighted by molar-refractivity contribution is 6.30. The van der Waals surface area contributed by atoms with Gasteiger partial charge >= 0.3 is 5.97 Å². The monoisotopic (exact) mass is 479 g/mol. The lowest BCUT2D eigenvalue weighted by atomic mass is 9.72. The Morgan fingerprint density at radius 3 is 2.32 bits per heavy atom. The Morgan fingerprint density at radius 2 is 1.71 bits per heavy atom. The summed E-state index contributed by atoms with van der Waals surface area (Å²) in [4.78, 5) is 26.8. The Labute approximate surface area is 205 Å². The molecule has 6 heteroatoms. The molecule has 0 aromatic heterocycles. The van der Waals surface area contributed by atoms with Crippen molar-refractivity contribution in [3.8, 4) is 5.75 Å². The van der Waals surface area contributed by atoms with Crippen LogP contribution in [0.25, 0.3) is 0 Å². The number of carbonyl (C=O) groups excluding carboxylic acids is 2. The highest BCUT2D eigenvalue weighted by Gasteiger charge is 2.41. The number of nitrogens with one attached hydrogen (secondary N) is 1. The Hall–Kier alpha value is -3.05. The number of hydrogen-bond acceptors (Lipinski definition) is 5. The standard InChI is InChI=1S/C28H30ClNO4/c1-16(2)15-34-28(32)25-17(3)30-23-13-20(18-7-11-22(33-4)12-8-18)14-24(31)27(23)26(25)19-5-9-21(29)10-6-19/h5-12,16,20,26,30H,13-15H2,1-4H3/t20-,26+/m1/s1. The zero-order chi connectivity index (χ0) is 24.4. The van der Waals surface area contributed by atoms with Gasteiger partial charge in [-0.05, 0) is 60.6 Å². The van der Waals surface area contributed by atoms with Gasteiger partial charge in [0.25, 0.3) is 0 Å². The maximum Gasteiger partial charge on any atom is 0.336 e. The van der Waals surface area contributed by atoms with Crippen LogP contribution in [0.3, 0.4) is 0 Å². The number of dihydropyridines is 1. The summed E-state index contributed by atoms with van der Waals surface area (Å²) in [5.41, 5.74) is 4.66. The zero-order valence-electron chi connectivity index (χ0n) is 20.0. The fraction of sp³-hybridized carbons (Fsp3) is 0.357. The van der Waals surface area contributed by atoms with Crippen LogP contribution in [0.1, 0.15) is 56.6 Å². The topological polar surface area (TPSA) is 64.6 Å². The maximum absolute atomic E-state index is 13.6. The maximum atomic E-state index is 13.6. The Kier molecular flexibility index (Phi) is 7.13. The Bertz CT molecular complexity index is 1150. The van der Waals surface area contributed by atoms with Crippen LogP contribution in [0, 0.1) is 5.92 Å². The largest absolute Gasteiger partial charge is 0.497 e. The highest BCUT2D eigenvalue weighted by atomic mass is 35.5. The molecule has 0 bridgehead atoms. The number of Topliss-reactive ketones (excluding diaryl/α,β-unsaturated/α-hetero) is 1. The molecule has 178 valence electrons. The minimum Gasteiger partial charge on any atom is -0.497 e. The fourth-order valence-electron chi connectivity index (χ4n) is 4.73. The van der Waals surface area contributed by atoms with Crippen molar-refractivity contribution in [2.75, 3.05) is 13.7 Å². The summed E-state index contributed by atoms with van der Waals surface area (Å²) in [5.74, 6) is 0.209. The second-order valence-electron chi connectivity index (χ2n) is 9.33. The van der Waals surface area contributed by atoms with E-state index in [0.717, 1.165) is 28.3 Å². The van der Waals surface area contributed by atoms with Crippen molar-refractivity contribution in [3.05, 3.63) is 87.2 Å². The highest BCUT2D eigenvalue weighted by Crippen LogP contribution is 2.46. The number of ketones is 1. The smallest absolute Gasteiger partial charge is 0.336 e. The van der Waals surface area contributed by atoms with E-state index in [4.69, 9.17) is 21.1 Å². The van der Waals surface area contributed by atoms with Gasteiger partial charge in [0.2, 0.25) is 0 Å². The number of rotatable bonds is 6. The molecule has 0 fully saturated rings. The van der Waals surface area contributed by atoms with Crippen LogP contribution < -0.4 is 10.1 Å². The van der Waals surface area contributed by atoms with E-state index < -0.39 is 11.9 Å². The molecule has 2 atom stereocenters. The third-order valence-corrected chi connectivity index (χ3v) is 6.64. The van der Waals surface area contributed by atoms with E-state index in [9.17, 15) is 9.59 Å². The molecule has 0 spiro atoms. The third-order valence-electron chi connectivity index (χ3n) is 6.39. The number of allylic oxidation sites excluding steroid dienone is 3. The van der Waals surface area contributed by atoms with Crippen LogP contribution in [0.4, 0.5) is 0 Å². The van der Waals surface area contributed by atoms with Crippen LogP contribution in [0.2, 0.25) is 5.02 Å². The van der Waals surface area contributed by atoms with Gasteiger partial charge in [-0.3, -0.25) is 4.79 Å². The van der Waals surface area contributed by atoms with Crippen molar-refractivity contribution < 1.29 is 19.1 Å². The van der Waals surface area contributed by atoms with Crippen LogP contribution in [0.5, 0.6) is 5.75 Å². The van der Waals surface area contributed by atoms with Crippen LogP contribution in [0.15, 0.2) is 71.1 Å². The molecule has 4 rings (SSSR count). The number of esters is 1. The van der Waals surface area contributed by atoms with Crippen LogP contribution in [-0.4, -0.2) is 25.5 Å². The predicted octanol–water partition coefficient (Wildman–Crippen LogP) is 5.91. The third kappa shape index (κ3) is 4.90. The molecule has 0 amide bonds. The van der Waals surface area contributed by atoms with Crippen molar-refractivity contribution in [1.82, 2.24) is 5.32 Å². The van der Waals surface area contributed by atoms with Gasteiger partial charge in [-0.2, -0.15) is 0 Å². The van der Waals surface area contributed by atoms with Gasteiger partial charge < -0.3 is 14.8 Å². The molecule has 1 aliphatic heterocycles. The molecule has 0 unspecified atom stereocenters. The second-order valence-corrected chi connectivity index (χ2v) is 9.77. The minimum atomic E-state index is -0.488. The minimum absolute atomic E-state index is 0.0381. The van der Waals surface area contributed by atoms with Crippen molar-refractivity contribution >= 4 is 23.4 Å². The Balaban J connectivity index is 1.73. The van der Waals surface area contributed by atoms with Gasteiger partial charge in [0.05, 0.1) is 19.3 Å². The molecule has 2 aromatic carbocycles. The summed E-state index contributed by atoms with van der Waals surface area (Å²) < 4.78 is 10.9. The molecule has 2 aliphatic rings. The molecule has 34 heavy (non-hydrogen) atoms. The number of ether oxygens (including phenoxy) is 2. The summed E-state index contributed by atoms with van der Waals surface area (Å²) >= 11 is 6.13. The van der Waals surface area contributed by atoms with E-state index >= 15 is 0 Å². The predicted molar refractivity (Wildman–Crippen MR) is 133 cm³/mol. The van der Waals surface area contributed by atoms with Gasteiger partial charge in [0, 0.05) is 34.3 Å². The van der Waals surface area contributed by atoms with Crippen LogP contribution in [-0.2, 0) is 14.3 Å². The SMILES string of the molecule is COc1ccc([C@H]2CC(=O)C3=C(C2)NC(C)=C(C(=O)OCC(C)C)[C@@H]3c2ccc(Cl)cc2)cc1. The number of methoxy groups -OCH3 is 1. The van der Waals surface area contributed by atoms with Crippen molar-refractivity contribution in [2.24, 2.45) is 5.92 Å². The molecule has 0 saturated heterocycles. The van der Waals surface area contributed by atoms with Gasteiger partial charge in [-0.15, -0.1) is 0 Å². The molecule has 0 saturated carbocycles. The fourth-order valence-corrected chi connectivity index (χ4v) is 4.86. The summed E-state index contributed by atoms with van der Waals surface area (Å²) in [6.07, 6.45) is 1.06. The van der Waals surface area contributed by atoms with Crippen LogP contribution >= 0.6 is 11.6 Å². The first-order valence-corrected chi connectivity index (χ1v) is 12.0. The zero-order valence-corrected chi connectivity index (χ0v) is 20.7. The first-order chi connectivity index (χ1) is 16.3. The van der Waals surface area contributed by atoms with E-state index in [2.05, 4.69) is 5.32 Å².